The van der Waals surface area contributed by atoms with E-state index in [2.05, 4.69) is 44.3 Å². The number of nitrogens with zero attached hydrogens (tertiary/aromatic N) is 5. The van der Waals surface area contributed by atoms with Gasteiger partial charge in [-0.1, -0.05) is 42.1 Å². The highest BCUT2D eigenvalue weighted by atomic mass is 32.2. The smallest absolute Gasteiger partial charge is 0.265 e. The van der Waals surface area contributed by atoms with Crippen molar-refractivity contribution in [1.82, 2.24) is 29.5 Å². The summed E-state index contributed by atoms with van der Waals surface area (Å²) in [4.78, 5) is 34.5. The Morgan fingerprint density at radius 3 is 2.76 bits per heavy atom. The standard InChI is InChI=1S/C20H22N6O2S/c27-17(25-8-6-24(7-9-25)12-14-4-2-1-3-5-14)10-15-13-29-20-22-18-16(11-21-23-18)19(28)26(15)20/h1-5,11,15H,6-10,12-13H2,(H,21,23). The lowest BCUT2D eigenvalue weighted by atomic mass is 10.1. The van der Waals surface area contributed by atoms with Gasteiger partial charge in [0.15, 0.2) is 10.8 Å². The van der Waals surface area contributed by atoms with Crippen molar-refractivity contribution in [3.8, 4) is 0 Å². The maximum absolute atomic E-state index is 12.9. The number of hydrogen-bond donors (Lipinski definition) is 1. The fourth-order valence-corrected chi connectivity index (χ4v) is 5.17. The van der Waals surface area contributed by atoms with Crippen LogP contribution in [0.4, 0.5) is 0 Å². The number of H-pyrrole nitrogens is 1. The number of benzene rings is 1. The van der Waals surface area contributed by atoms with Gasteiger partial charge in [-0.2, -0.15) is 5.10 Å². The summed E-state index contributed by atoms with van der Waals surface area (Å²) >= 11 is 1.52. The van der Waals surface area contributed by atoms with Gasteiger partial charge in [0, 0.05) is 44.9 Å². The fraction of sp³-hybridized carbons (Fsp3) is 0.400. The van der Waals surface area contributed by atoms with Gasteiger partial charge in [0.2, 0.25) is 5.91 Å². The Morgan fingerprint density at radius 1 is 1.17 bits per heavy atom. The topological polar surface area (TPSA) is 87.1 Å². The summed E-state index contributed by atoms with van der Waals surface area (Å²) in [6.07, 6.45) is 1.84. The largest absolute Gasteiger partial charge is 0.340 e. The molecule has 0 radical (unpaired) electrons. The molecule has 1 fully saturated rings. The molecule has 1 saturated heterocycles. The van der Waals surface area contributed by atoms with E-state index in [9.17, 15) is 9.59 Å². The van der Waals surface area contributed by atoms with E-state index >= 15 is 0 Å². The summed E-state index contributed by atoms with van der Waals surface area (Å²) < 4.78 is 1.67. The predicted octanol–water partition coefficient (Wildman–Crippen LogP) is 1.50. The Morgan fingerprint density at radius 2 is 1.97 bits per heavy atom. The average molecular weight is 411 g/mol. The minimum absolute atomic E-state index is 0.113. The van der Waals surface area contributed by atoms with E-state index in [1.54, 1.807) is 4.57 Å². The van der Waals surface area contributed by atoms with Gasteiger partial charge in [0.1, 0.15) is 5.39 Å². The van der Waals surface area contributed by atoms with Crippen LogP contribution in [0.25, 0.3) is 11.0 Å². The van der Waals surface area contributed by atoms with Crippen LogP contribution in [-0.2, 0) is 11.3 Å². The SMILES string of the molecule is O=C(CC1CSc2nc3[nH]ncc3c(=O)n21)N1CCN(Cc2ccccc2)CC1. The summed E-state index contributed by atoms with van der Waals surface area (Å²) in [5, 5.41) is 7.80. The van der Waals surface area contributed by atoms with E-state index in [1.165, 1.54) is 23.5 Å². The van der Waals surface area contributed by atoms with Crippen molar-refractivity contribution in [2.45, 2.75) is 24.2 Å². The van der Waals surface area contributed by atoms with E-state index in [1.807, 2.05) is 11.0 Å². The molecule has 150 valence electrons. The van der Waals surface area contributed by atoms with Crippen LogP contribution in [0.5, 0.6) is 0 Å². The lowest BCUT2D eigenvalue weighted by Gasteiger charge is -2.35. The van der Waals surface area contributed by atoms with Crippen LogP contribution in [0.3, 0.4) is 0 Å². The normalized spacial score (nSPS) is 19.6. The number of piperazine rings is 1. The number of amides is 1. The number of aromatic nitrogens is 4. The first-order valence-corrected chi connectivity index (χ1v) is 10.8. The van der Waals surface area contributed by atoms with Gasteiger partial charge >= 0.3 is 0 Å². The molecule has 0 spiro atoms. The van der Waals surface area contributed by atoms with Crippen LogP contribution in [-0.4, -0.2) is 67.4 Å². The third-order valence-electron chi connectivity index (χ3n) is 5.64. The molecule has 9 heteroatoms. The van der Waals surface area contributed by atoms with E-state index in [4.69, 9.17) is 0 Å². The maximum Gasteiger partial charge on any atom is 0.265 e. The number of nitrogens with one attached hydrogen (secondary N) is 1. The third-order valence-corrected chi connectivity index (χ3v) is 6.73. The zero-order chi connectivity index (χ0) is 19.8. The van der Waals surface area contributed by atoms with Crippen molar-refractivity contribution in [2.24, 2.45) is 0 Å². The van der Waals surface area contributed by atoms with Crippen LogP contribution in [0.2, 0.25) is 0 Å². The van der Waals surface area contributed by atoms with Crippen LogP contribution in [0, 0.1) is 0 Å². The van der Waals surface area contributed by atoms with Crippen LogP contribution >= 0.6 is 11.8 Å². The first-order chi connectivity index (χ1) is 14.2. The van der Waals surface area contributed by atoms with Gasteiger partial charge in [0.05, 0.1) is 12.2 Å². The van der Waals surface area contributed by atoms with Gasteiger partial charge in [0.25, 0.3) is 5.56 Å². The molecule has 0 bridgehead atoms. The molecule has 3 aromatic rings. The van der Waals surface area contributed by atoms with Gasteiger partial charge in [-0.05, 0) is 5.56 Å². The zero-order valence-electron chi connectivity index (χ0n) is 16.0. The minimum Gasteiger partial charge on any atom is -0.340 e. The van der Waals surface area contributed by atoms with Gasteiger partial charge in [-0.25, -0.2) is 4.98 Å². The number of carbonyl (C=O) groups is 1. The molecule has 1 amide bonds. The quantitative estimate of drug-likeness (QED) is 0.656. The van der Waals surface area contributed by atoms with E-state index in [0.717, 1.165) is 32.7 Å². The molecule has 2 aliphatic heterocycles. The molecule has 0 aliphatic carbocycles. The molecule has 29 heavy (non-hydrogen) atoms. The second kappa shape index (κ2) is 7.64. The van der Waals surface area contributed by atoms with Crippen LogP contribution < -0.4 is 5.56 Å². The second-order valence-corrected chi connectivity index (χ2v) is 8.50. The highest BCUT2D eigenvalue weighted by molar-refractivity contribution is 7.99. The lowest BCUT2D eigenvalue weighted by Crippen LogP contribution is -2.48. The third kappa shape index (κ3) is 3.56. The molecule has 2 aliphatic rings. The number of aromatic amines is 1. The number of thioether (sulfide) groups is 1. The summed E-state index contributed by atoms with van der Waals surface area (Å²) in [7, 11) is 0. The van der Waals surface area contributed by atoms with Crippen molar-refractivity contribution in [3.05, 3.63) is 52.4 Å². The number of fused-ring (bicyclic) bond motifs is 2. The fourth-order valence-electron chi connectivity index (χ4n) is 4.03. The molecule has 1 N–H and O–H groups in total. The van der Waals surface area contributed by atoms with Crippen LogP contribution in [0.1, 0.15) is 18.0 Å². The molecule has 1 aromatic carbocycles. The molecular formula is C20H22N6O2S. The van der Waals surface area contributed by atoms with Gasteiger partial charge in [-0.3, -0.25) is 24.2 Å². The molecular weight excluding hydrogens is 388 g/mol. The van der Waals surface area contributed by atoms with Gasteiger partial charge in [-0.15, -0.1) is 0 Å². The Labute approximate surface area is 171 Å². The monoisotopic (exact) mass is 410 g/mol. The molecule has 1 unspecified atom stereocenters. The summed E-state index contributed by atoms with van der Waals surface area (Å²) in [5.41, 5.74) is 1.69. The van der Waals surface area contributed by atoms with Crippen molar-refractivity contribution >= 4 is 28.7 Å². The lowest BCUT2D eigenvalue weighted by molar-refractivity contribution is -0.133. The Hall–Kier alpha value is -2.65. The summed E-state index contributed by atoms with van der Waals surface area (Å²) in [5.74, 6) is 0.809. The molecule has 5 rings (SSSR count). The van der Waals surface area contributed by atoms with Crippen LogP contribution in [0.15, 0.2) is 46.5 Å². The van der Waals surface area contributed by atoms with Crippen molar-refractivity contribution in [2.75, 3.05) is 31.9 Å². The van der Waals surface area contributed by atoms with Crippen molar-refractivity contribution in [1.29, 1.82) is 0 Å². The van der Waals surface area contributed by atoms with Gasteiger partial charge < -0.3 is 4.90 Å². The summed E-state index contributed by atoms with van der Waals surface area (Å²) in [6.45, 7) is 4.11. The summed E-state index contributed by atoms with van der Waals surface area (Å²) in [6, 6.07) is 10.3. The highest BCUT2D eigenvalue weighted by Gasteiger charge is 2.31. The van der Waals surface area contributed by atoms with E-state index in [0.29, 0.717) is 28.4 Å². The zero-order valence-corrected chi connectivity index (χ0v) is 16.8. The Kier molecular flexibility index (Phi) is 4.84. The van der Waals surface area contributed by atoms with Crippen molar-refractivity contribution < 1.29 is 4.79 Å². The molecule has 1 atom stereocenters. The molecule has 4 heterocycles. The first kappa shape index (κ1) is 18.4. The average Bonchev–Trinajstić information content (AvgIpc) is 3.37. The van der Waals surface area contributed by atoms with E-state index < -0.39 is 0 Å². The molecule has 0 saturated carbocycles. The number of carbonyl (C=O) groups excluding carboxylic acids is 1. The minimum atomic E-state index is -0.149. The number of hydrogen-bond acceptors (Lipinski definition) is 6. The first-order valence-electron chi connectivity index (χ1n) is 9.81. The predicted molar refractivity (Wildman–Crippen MR) is 111 cm³/mol. The number of rotatable bonds is 4. The molecule has 2 aromatic heterocycles. The van der Waals surface area contributed by atoms with Crippen molar-refractivity contribution in [3.63, 3.8) is 0 Å². The molecule has 8 nitrogen and oxygen atoms in total. The Balaban J connectivity index is 1.22. The highest BCUT2D eigenvalue weighted by Crippen LogP contribution is 2.33. The Bertz CT molecular complexity index is 1090. The van der Waals surface area contributed by atoms with E-state index in [-0.39, 0.29) is 17.5 Å². The second-order valence-electron chi connectivity index (χ2n) is 7.51. The maximum atomic E-state index is 12.9.